The van der Waals surface area contributed by atoms with E-state index in [1.807, 2.05) is 12.1 Å². The van der Waals surface area contributed by atoms with Crippen molar-refractivity contribution >= 4 is 38.9 Å². The van der Waals surface area contributed by atoms with Gasteiger partial charge in [-0.1, -0.05) is 25.1 Å². The fourth-order valence-electron chi connectivity index (χ4n) is 4.66. The Kier molecular flexibility index (Phi) is 6.94. The Morgan fingerprint density at radius 1 is 1.21 bits per heavy atom. The summed E-state index contributed by atoms with van der Waals surface area (Å²) in [5.74, 6) is 1.49. The molecule has 1 atom stereocenters. The third kappa shape index (κ3) is 4.93. The molecule has 8 nitrogen and oxygen atoms in total. The van der Waals surface area contributed by atoms with E-state index in [-0.39, 0.29) is 5.49 Å². The molecule has 1 fully saturated rings. The van der Waals surface area contributed by atoms with Crippen molar-refractivity contribution in [1.29, 1.82) is 5.41 Å². The van der Waals surface area contributed by atoms with Gasteiger partial charge in [0.2, 0.25) is 0 Å². The Labute approximate surface area is 205 Å². The van der Waals surface area contributed by atoms with E-state index in [0.717, 1.165) is 44.6 Å². The van der Waals surface area contributed by atoms with Gasteiger partial charge in [-0.05, 0) is 66.8 Å². The third-order valence-corrected chi connectivity index (χ3v) is 8.13. The van der Waals surface area contributed by atoms with Crippen molar-refractivity contribution in [3.63, 3.8) is 0 Å². The third-order valence-electron chi connectivity index (χ3n) is 6.26. The standard InChI is InChI=1S/C23H29BrN6O2S/c1-2-7-29-8-4-3-5-15(29)6-9-30-14-26-21(25)20-22(30)28-23(27-20)33-19-13-18-17(12-16(19)24)31-10-11-32-18/h12-15,25H,2-11H2,1H3,(H,27,28). The number of aryl methyl sites for hydroxylation is 1. The molecule has 4 heterocycles. The van der Waals surface area contributed by atoms with Gasteiger partial charge in [0.05, 0.1) is 6.33 Å². The van der Waals surface area contributed by atoms with Gasteiger partial charge in [-0.2, -0.15) is 0 Å². The van der Waals surface area contributed by atoms with Gasteiger partial charge in [-0.3, -0.25) is 5.41 Å². The molecule has 0 saturated carbocycles. The number of benzene rings is 1. The number of aromatic amines is 1. The number of piperidine rings is 1. The zero-order chi connectivity index (χ0) is 22.8. The van der Waals surface area contributed by atoms with Crippen molar-refractivity contribution in [2.24, 2.45) is 0 Å². The molecule has 10 heteroatoms. The summed E-state index contributed by atoms with van der Waals surface area (Å²) in [4.78, 5) is 16.1. The van der Waals surface area contributed by atoms with Gasteiger partial charge in [0, 0.05) is 22.0 Å². The first-order valence-electron chi connectivity index (χ1n) is 11.6. The van der Waals surface area contributed by atoms with Crippen LogP contribution in [0.15, 0.2) is 33.0 Å². The monoisotopic (exact) mass is 532 g/mol. The van der Waals surface area contributed by atoms with Gasteiger partial charge in [0.15, 0.2) is 27.8 Å². The number of nitrogens with zero attached hydrogens (tertiary/aromatic N) is 4. The smallest absolute Gasteiger partial charge is 0.173 e. The first kappa shape index (κ1) is 22.7. The number of aromatic nitrogens is 4. The topological polar surface area (TPSA) is 92.1 Å². The molecule has 0 bridgehead atoms. The van der Waals surface area contributed by atoms with E-state index in [0.29, 0.717) is 24.8 Å². The minimum absolute atomic E-state index is 0.215. The number of likely N-dealkylation sites (tertiary alicyclic amines) is 1. The van der Waals surface area contributed by atoms with Gasteiger partial charge in [0.1, 0.15) is 18.7 Å². The van der Waals surface area contributed by atoms with E-state index in [9.17, 15) is 0 Å². The lowest BCUT2D eigenvalue weighted by Gasteiger charge is -2.35. The number of hydrogen-bond donors (Lipinski definition) is 2. The first-order chi connectivity index (χ1) is 16.1. The number of H-pyrrole nitrogens is 1. The van der Waals surface area contributed by atoms with Crippen molar-refractivity contribution in [1.82, 2.24) is 24.4 Å². The van der Waals surface area contributed by atoms with Crippen LogP contribution in [0, 0.1) is 5.41 Å². The van der Waals surface area contributed by atoms with E-state index in [4.69, 9.17) is 19.9 Å². The van der Waals surface area contributed by atoms with Gasteiger partial charge in [-0.15, -0.1) is 0 Å². The van der Waals surface area contributed by atoms with E-state index in [1.165, 1.54) is 50.5 Å². The highest BCUT2D eigenvalue weighted by Gasteiger charge is 2.22. The van der Waals surface area contributed by atoms with Crippen LogP contribution in [-0.4, -0.2) is 56.8 Å². The first-order valence-corrected chi connectivity index (χ1v) is 13.2. The highest BCUT2D eigenvalue weighted by atomic mass is 79.9. The number of hydrogen-bond acceptors (Lipinski definition) is 7. The van der Waals surface area contributed by atoms with Crippen LogP contribution < -0.4 is 15.0 Å². The predicted octanol–water partition coefficient (Wildman–Crippen LogP) is 4.58. The van der Waals surface area contributed by atoms with Crippen molar-refractivity contribution in [2.75, 3.05) is 26.3 Å². The minimum Gasteiger partial charge on any atom is -0.486 e. The van der Waals surface area contributed by atoms with E-state index in [1.54, 1.807) is 6.33 Å². The van der Waals surface area contributed by atoms with Crippen LogP contribution in [0.5, 0.6) is 11.5 Å². The summed E-state index contributed by atoms with van der Waals surface area (Å²) in [7, 11) is 0. The number of rotatable bonds is 7. The Balaban J connectivity index is 1.37. The summed E-state index contributed by atoms with van der Waals surface area (Å²) in [5, 5.41) is 9.00. The zero-order valence-corrected chi connectivity index (χ0v) is 21.2. The van der Waals surface area contributed by atoms with E-state index < -0.39 is 0 Å². The molecule has 3 aromatic rings. The number of halogens is 1. The van der Waals surface area contributed by atoms with Gasteiger partial charge < -0.3 is 23.9 Å². The lowest BCUT2D eigenvalue weighted by Crippen LogP contribution is -2.40. The Hall–Kier alpha value is -2.04. The highest BCUT2D eigenvalue weighted by Crippen LogP contribution is 2.41. The molecule has 0 spiro atoms. The maximum Gasteiger partial charge on any atom is 0.173 e. The second-order valence-corrected chi connectivity index (χ2v) is 10.4. The van der Waals surface area contributed by atoms with Crippen molar-refractivity contribution in [3.05, 3.63) is 28.4 Å². The van der Waals surface area contributed by atoms with Gasteiger partial charge in [-0.25, -0.2) is 9.97 Å². The van der Waals surface area contributed by atoms with Crippen LogP contribution in [-0.2, 0) is 6.54 Å². The van der Waals surface area contributed by atoms with Crippen LogP contribution >= 0.6 is 27.7 Å². The second kappa shape index (κ2) is 10.1. The molecule has 5 rings (SSSR count). The van der Waals surface area contributed by atoms with Crippen LogP contribution in [0.1, 0.15) is 39.0 Å². The SMILES string of the molecule is CCCN1CCCCC1CCn1cnc(=N)c2[nH]c(Sc3cc4c(cc3Br)OCCO4)nc21. The Morgan fingerprint density at radius 2 is 2.03 bits per heavy atom. The summed E-state index contributed by atoms with van der Waals surface area (Å²) in [5.41, 5.74) is 1.67. The lowest BCUT2D eigenvalue weighted by molar-refractivity contribution is 0.136. The minimum atomic E-state index is 0.215. The van der Waals surface area contributed by atoms with Crippen LogP contribution in [0.3, 0.4) is 0 Å². The van der Waals surface area contributed by atoms with Crippen molar-refractivity contribution in [3.8, 4) is 11.5 Å². The summed E-state index contributed by atoms with van der Waals surface area (Å²) in [6, 6.07) is 4.51. The average molecular weight is 533 g/mol. The second-order valence-electron chi connectivity index (χ2n) is 8.53. The van der Waals surface area contributed by atoms with Crippen LogP contribution in [0.25, 0.3) is 11.2 Å². The van der Waals surface area contributed by atoms with Crippen LogP contribution in [0.2, 0.25) is 0 Å². The molecule has 2 N–H and O–H groups in total. The Morgan fingerprint density at radius 3 is 2.85 bits per heavy atom. The number of nitrogens with one attached hydrogen (secondary N) is 2. The molecule has 2 aliphatic heterocycles. The maximum absolute atomic E-state index is 8.28. The van der Waals surface area contributed by atoms with Gasteiger partial charge >= 0.3 is 0 Å². The molecule has 2 aromatic heterocycles. The summed E-state index contributed by atoms with van der Waals surface area (Å²) in [6.07, 6.45) is 7.89. The average Bonchev–Trinajstić information content (AvgIpc) is 3.25. The fraction of sp³-hybridized carbons (Fsp3) is 0.522. The molecular formula is C23H29BrN6O2S. The van der Waals surface area contributed by atoms with E-state index >= 15 is 0 Å². The molecule has 176 valence electrons. The number of fused-ring (bicyclic) bond motifs is 2. The van der Waals surface area contributed by atoms with Crippen molar-refractivity contribution in [2.45, 2.75) is 61.7 Å². The molecule has 2 aliphatic rings. The quantitative estimate of drug-likeness (QED) is 0.462. The highest BCUT2D eigenvalue weighted by molar-refractivity contribution is 9.10. The fourth-order valence-corrected chi connectivity index (χ4v) is 6.04. The van der Waals surface area contributed by atoms with E-state index in [2.05, 4.69) is 42.3 Å². The molecule has 33 heavy (non-hydrogen) atoms. The summed E-state index contributed by atoms with van der Waals surface area (Å²) >= 11 is 5.14. The largest absolute Gasteiger partial charge is 0.486 e. The lowest BCUT2D eigenvalue weighted by atomic mass is 9.99. The Bertz CT molecular complexity index is 1190. The molecule has 1 saturated heterocycles. The molecular weight excluding hydrogens is 504 g/mol. The normalized spacial score (nSPS) is 18.7. The number of ether oxygens (including phenoxy) is 2. The molecule has 1 aromatic carbocycles. The molecule has 0 aliphatic carbocycles. The molecule has 0 amide bonds. The van der Waals surface area contributed by atoms with Crippen LogP contribution in [0.4, 0.5) is 0 Å². The summed E-state index contributed by atoms with van der Waals surface area (Å²) in [6.45, 7) is 6.58. The summed E-state index contributed by atoms with van der Waals surface area (Å²) < 4.78 is 14.4. The molecule has 0 radical (unpaired) electrons. The van der Waals surface area contributed by atoms with Crippen molar-refractivity contribution < 1.29 is 9.47 Å². The predicted molar refractivity (Wildman–Crippen MR) is 131 cm³/mol. The maximum atomic E-state index is 8.28. The van der Waals surface area contributed by atoms with Gasteiger partial charge in [0.25, 0.3) is 0 Å². The number of imidazole rings is 1. The molecule has 1 unspecified atom stereocenters. The zero-order valence-electron chi connectivity index (χ0n) is 18.8.